The van der Waals surface area contributed by atoms with Gasteiger partial charge in [-0.15, -0.1) is 0 Å². The number of carbonyl (C=O) groups excluding carboxylic acids is 2. The van der Waals surface area contributed by atoms with Crippen molar-refractivity contribution in [1.29, 1.82) is 0 Å². The van der Waals surface area contributed by atoms with Crippen LogP contribution in [0.2, 0.25) is 0 Å². The average Bonchev–Trinajstić information content (AvgIpc) is 2.54. The Morgan fingerprint density at radius 2 is 1.72 bits per heavy atom. The Kier molecular flexibility index (Phi) is 8.97. The summed E-state index contributed by atoms with van der Waals surface area (Å²) in [5.74, 6) is 0.305. The molecule has 25 heavy (non-hydrogen) atoms. The Morgan fingerprint density at radius 1 is 1.16 bits per heavy atom. The summed E-state index contributed by atoms with van der Waals surface area (Å²) in [5, 5.41) is 0. The van der Waals surface area contributed by atoms with Gasteiger partial charge in [-0.25, -0.2) is 4.39 Å². The van der Waals surface area contributed by atoms with Gasteiger partial charge in [-0.1, -0.05) is 39.6 Å². The number of benzene rings is 1. The first-order valence-corrected chi connectivity index (χ1v) is 9.54. The molecule has 0 radical (unpaired) electrons. The van der Waals surface area contributed by atoms with Crippen molar-refractivity contribution in [2.75, 3.05) is 12.9 Å². The third-order valence-corrected chi connectivity index (χ3v) is 4.77. The van der Waals surface area contributed by atoms with Crippen molar-refractivity contribution in [2.45, 2.75) is 58.8 Å². The summed E-state index contributed by atoms with van der Waals surface area (Å²) in [6.45, 7) is 8.01. The van der Waals surface area contributed by atoms with Crippen molar-refractivity contribution in [3.63, 3.8) is 0 Å². The monoisotopic (exact) mass is 369 g/mol. The van der Waals surface area contributed by atoms with Gasteiger partial charge in [0, 0.05) is 12.2 Å². The molecule has 0 bridgehead atoms. The molecule has 0 aromatic heterocycles. The zero-order valence-electron chi connectivity index (χ0n) is 15.6. The van der Waals surface area contributed by atoms with Crippen LogP contribution in [0.3, 0.4) is 0 Å². The fourth-order valence-corrected chi connectivity index (χ4v) is 3.26. The molecule has 1 aromatic rings. The van der Waals surface area contributed by atoms with E-state index in [0.29, 0.717) is 18.6 Å². The molecule has 6 heteroatoms. The van der Waals surface area contributed by atoms with Gasteiger partial charge in [0.2, 0.25) is 5.91 Å². The molecule has 1 N–H and O–H groups in total. The van der Waals surface area contributed by atoms with Crippen molar-refractivity contribution in [1.82, 2.24) is 4.72 Å². The minimum absolute atomic E-state index is 0.113. The van der Waals surface area contributed by atoms with E-state index in [1.165, 1.54) is 31.2 Å². The van der Waals surface area contributed by atoms with Gasteiger partial charge in [0.05, 0.1) is 13.5 Å². The lowest BCUT2D eigenvalue weighted by molar-refractivity contribution is -0.140. The molecule has 0 heterocycles. The lowest BCUT2D eigenvalue weighted by Gasteiger charge is -2.19. The van der Waals surface area contributed by atoms with Crippen LogP contribution in [0, 0.1) is 5.82 Å². The molecular weight excluding hydrogens is 341 g/mol. The molecule has 0 aliphatic rings. The summed E-state index contributed by atoms with van der Waals surface area (Å²) in [5.41, 5.74) is 2.68. The van der Waals surface area contributed by atoms with E-state index in [1.54, 1.807) is 0 Å². The fraction of sp³-hybridized carbons (Fsp3) is 0.579. The number of hydrogen-bond donors (Lipinski definition) is 1. The van der Waals surface area contributed by atoms with Crippen LogP contribution in [0.25, 0.3) is 0 Å². The highest BCUT2D eigenvalue weighted by molar-refractivity contribution is 7.97. The molecule has 0 saturated heterocycles. The van der Waals surface area contributed by atoms with Crippen LogP contribution in [0.1, 0.15) is 69.1 Å². The Labute approximate surface area is 154 Å². The van der Waals surface area contributed by atoms with Gasteiger partial charge in [-0.05, 0) is 47.1 Å². The summed E-state index contributed by atoms with van der Waals surface area (Å²) in [7, 11) is 1.36. The molecule has 0 aliphatic heterocycles. The fourth-order valence-electron chi connectivity index (χ4n) is 2.63. The third kappa shape index (κ3) is 7.06. The number of amides is 1. The summed E-state index contributed by atoms with van der Waals surface area (Å²) >= 11 is 1.28. The predicted molar refractivity (Wildman–Crippen MR) is 100 cm³/mol. The maximum atomic E-state index is 13.9. The first-order valence-electron chi connectivity index (χ1n) is 8.55. The zero-order valence-corrected chi connectivity index (χ0v) is 16.5. The molecule has 1 rings (SSSR count). The van der Waals surface area contributed by atoms with Crippen LogP contribution >= 0.6 is 11.9 Å². The predicted octanol–water partition coefficient (Wildman–Crippen LogP) is 4.33. The van der Waals surface area contributed by atoms with Gasteiger partial charge >= 0.3 is 5.97 Å². The van der Waals surface area contributed by atoms with Crippen molar-refractivity contribution in [3.05, 3.63) is 34.6 Å². The van der Waals surface area contributed by atoms with E-state index in [9.17, 15) is 14.0 Å². The minimum atomic E-state index is -0.256. The number of methoxy groups -OCH3 is 1. The van der Waals surface area contributed by atoms with E-state index < -0.39 is 0 Å². The zero-order chi connectivity index (χ0) is 19.0. The maximum absolute atomic E-state index is 13.9. The minimum Gasteiger partial charge on any atom is -0.469 e. The number of halogens is 1. The standard InChI is InChI=1S/C19H28FNO3S/c1-12(2)15-9-14(20)10-16(13(3)4)17(15)11-18(22)21-25-8-6-7-19(23)24-5/h9-10,12-13H,6-8,11H2,1-5H3,(H,21,22). The van der Waals surface area contributed by atoms with Crippen LogP contribution in [0.4, 0.5) is 4.39 Å². The quantitative estimate of drug-likeness (QED) is 0.400. The maximum Gasteiger partial charge on any atom is 0.305 e. The van der Waals surface area contributed by atoms with Gasteiger partial charge in [-0.2, -0.15) is 0 Å². The second-order valence-corrected chi connectivity index (χ2v) is 7.50. The molecule has 0 aliphatic carbocycles. The average molecular weight is 370 g/mol. The van der Waals surface area contributed by atoms with Crippen LogP contribution in [0.15, 0.2) is 12.1 Å². The lowest BCUT2D eigenvalue weighted by atomic mass is 9.87. The van der Waals surface area contributed by atoms with Crippen LogP contribution in [-0.2, 0) is 20.7 Å². The van der Waals surface area contributed by atoms with E-state index >= 15 is 0 Å². The first kappa shape index (κ1) is 21.5. The van der Waals surface area contributed by atoms with E-state index in [0.717, 1.165) is 16.7 Å². The molecular formula is C19H28FNO3S. The number of nitrogens with one attached hydrogen (secondary N) is 1. The second-order valence-electron chi connectivity index (χ2n) is 6.60. The Hall–Kier alpha value is -1.56. The van der Waals surface area contributed by atoms with E-state index in [-0.39, 0.29) is 36.0 Å². The summed E-state index contributed by atoms with van der Waals surface area (Å²) in [4.78, 5) is 23.3. The third-order valence-electron chi connectivity index (χ3n) is 3.91. The highest BCUT2D eigenvalue weighted by Gasteiger charge is 2.18. The number of esters is 1. The summed E-state index contributed by atoms with van der Waals surface area (Å²) in [6.07, 6.45) is 1.21. The van der Waals surface area contributed by atoms with Crippen LogP contribution < -0.4 is 4.72 Å². The van der Waals surface area contributed by atoms with Gasteiger partial charge in [-0.3, -0.25) is 14.3 Å². The number of carbonyl (C=O) groups is 2. The van der Waals surface area contributed by atoms with Crippen molar-refractivity contribution in [2.24, 2.45) is 0 Å². The number of rotatable bonds is 9. The molecule has 140 valence electrons. The van der Waals surface area contributed by atoms with Crippen molar-refractivity contribution >= 4 is 23.8 Å². The topological polar surface area (TPSA) is 55.4 Å². The molecule has 0 atom stereocenters. The second kappa shape index (κ2) is 10.4. The summed E-state index contributed by atoms with van der Waals surface area (Å²) < 4.78 is 21.3. The molecule has 0 unspecified atom stereocenters. The first-order chi connectivity index (χ1) is 11.8. The molecule has 0 saturated carbocycles. The molecule has 1 aromatic carbocycles. The van der Waals surface area contributed by atoms with Crippen LogP contribution in [0.5, 0.6) is 0 Å². The highest BCUT2D eigenvalue weighted by atomic mass is 32.2. The Balaban J connectivity index is 2.71. The number of ether oxygens (including phenoxy) is 1. The SMILES string of the molecule is COC(=O)CCCSNC(=O)Cc1c(C(C)C)cc(F)cc1C(C)C. The van der Waals surface area contributed by atoms with Gasteiger partial charge in [0.15, 0.2) is 0 Å². The van der Waals surface area contributed by atoms with Crippen molar-refractivity contribution < 1.29 is 18.7 Å². The summed E-state index contributed by atoms with van der Waals surface area (Å²) in [6, 6.07) is 3.06. The van der Waals surface area contributed by atoms with Crippen LogP contribution in [-0.4, -0.2) is 24.7 Å². The Bertz CT molecular complexity index is 573. The van der Waals surface area contributed by atoms with E-state index in [2.05, 4.69) is 9.46 Å². The normalized spacial score (nSPS) is 11.0. The lowest BCUT2D eigenvalue weighted by Crippen LogP contribution is -2.21. The van der Waals surface area contributed by atoms with Crippen molar-refractivity contribution in [3.8, 4) is 0 Å². The van der Waals surface area contributed by atoms with E-state index in [1.807, 2.05) is 27.7 Å². The Morgan fingerprint density at radius 3 is 2.20 bits per heavy atom. The van der Waals surface area contributed by atoms with E-state index in [4.69, 9.17) is 0 Å². The molecule has 4 nitrogen and oxygen atoms in total. The largest absolute Gasteiger partial charge is 0.469 e. The molecule has 0 spiro atoms. The number of hydrogen-bond acceptors (Lipinski definition) is 4. The molecule has 1 amide bonds. The highest BCUT2D eigenvalue weighted by Crippen LogP contribution is 2.29. The van der Waals surface area contributed by atoms with Gasteiger partial charge in [0.25, 0.3) is 0 Å². The smallest absolute Gasteiger partial charge is 0.305 e. The molecule has 0 fully saturated rings. The van der Waals surface area contributed by atoms with Gasteiger partial charge in [0.1, 0.15) is 5.82 Å². The van der Waals surface area contributed by atoms with Gasteiger partial charge < -0.3 is 4.74 Å².